The van der Waals surface area contributed by atoms with Gasteiger partial charge in [-0.15, -0.1) is 0 Å². The van der Waals surface area contributed by atoms with E-state index in [9.17, 15) is 5.11 Å². The van der Waals surface area contributed by atoms with Gasteiger partial charge < -0.3 is 9.84 Å². The van der Waals surface area contributed by atoms with Gasteiger partial charge in [0, 0.05) is 6.42 Å². The summed E-state index contributed by atoms with van der Waals surface area (Å²) < 4.78 is 5.42. The molecule has 2 heteroatoms. The lowest BCUT2D eigenvalue weighted by Crippen LogP contribution is -2.24. The van der Waals surface area contributed by atoms with Gasteiger partial charge in [0.05, 0.1) is 13.2 Å². The van der Waals surface area contributed by atoms with Gasteiger partial charge in [0.15, 0.2) is 0 Å². The zero-order valence-corrected chi connectivity index (χ0v) is 12.9. The molecule has 1 atom stereocenters. The molecular formula is C18H28O2. The van der Waals surface area contributed by atoms with Crippen molar-refractivity contribution in [2.75, 3.05) is 7.11 Å². The van der Waals surface area contributed by atoms with E-state index in [2.05, 4.69) is 19.1 Å². The van der Waals surface area contributed by atoms with Crippen molar-refractivity contribution in [3.8, 4) is 5.75 Å². The van der Waals surface area contributed by atoms with Crippen LogP contribution in [0.4, 0.5) is 0 Å². The van der Waals surface area contributed by atoms with E-state index >= 15 is 0 Å². The predicted molar refractivity (Wildman–Crippen MR) is 83.3 cm³/mol. The number of aryl methyl sites for hydroxylation is 1. The van der Waals surface area contributed by atoms with Gasteiger partial charge in [-0.25, -0.2) is 0 Å². The molecule has 2 nitrogen and oxygen atoms in total. The summed E-state index contributed by atoms with van der Waals surface area (Å²) in [7, 11) is 1.70. The van der Waals surface area contributed by atoms with E-state index in [0.717, 1.165) is 17.7 Å². The summed E-state index contributed by atoms with van der Waals surface area (Å²) in [4.78, 5) is 0. The number of ether oxygens (including phenoxy) is 1. The minimum absolute atomic E-state index is 0.233. The number of aliphatic hydroxyl groups is 1. The Labute approximate surface area is 123 Å². The van der Waals surface area contributed by atoms with Crippen LogP contribution < -0.4 is 4.74 Å². The summed E-state index contributed by atoms with van der Waals surface area (Å²) >= 11 is 0. The Bertz CT molecular complexity index is 406. The lowest BCUT2D eigenvalue weighted by atomic mass is 9.84. The van der Waals surface area contributed by atoms with Crippen LogP contribution in [0.1, 0.15) is 56.1 Å². The fourth-order valence-corrected chi connectivity index (χ4v) is 3.33. The van der Waals surface area contributed by atoms with Crippen LogP contribution in [-0.2, 0) is 6.42 Å². The molecule has 0 aliphatic heterocycles. The van der Waals surface area contributed by atoms with Gasteiger partial charge in [-0.2, -0.15) is 0 Å². The monoisotopic (exact) mass is 276 g/mol. The number of aliphatic hydroxyl groups excluding tert-OH is 1. The Morgan fingerprint density at radius 3 is 2.45 bits per heavy atom. The van der Waals surface area contributed by atoms with Gasteiger partial charge >= 0.3 is 0 Å². The molecule has 0 saturated heterocycles. The van der Waals surface area contributed by atoms with E-state index < -0.39 is 0 Å². The maximum absolute atomic E-state index is 10.6. The molecule has 0 bridgehead atoms. The highest BCUT2D eigenvalue weighted by atomic mass is 16.5. The van der Waals surface area contributed by atoms with Crippen molar-refractivity contribution in [1.29, 1.82) is 0 Å². The molecule has 0 amide bonds. The SMILES string of the molecule is COc1ccc(C)cc1CC(O)C1CCCCCCC1. The van der Waals surface area contributed by atoms with Crippen LogP contribution in [0.5, 0.6) is 5.75 Å². The Kier molecular flexibility index (Phi) is 5.90. The van der Waals surface area contributed by atoms with Crippen LogP contribution in [-0.4, -0.2) is 18.3 Å². The van der Waals surface area contributed by atoms with E-state index in [-0.39, 0.29) is 6.10 Å². The van der Waals surface area contributed by atoms with Crippen molar-refractivity contribution < 1.29 is 9.84 Å². The second kappa shape index (κ2) is 7.68. The van der Waals surface area contributed by atoms with Crippen LogP contribution in [0.15, 0.2) is 18.2 Å². The number of methoxy groups -OCH3 is 1. The first-order valence-corrected chi connectivity index (χ1v) is 8.02. The van der Waals surface area contributed by atoms with Crippen molar-refractivity contribution in [2.45, 2.75) is 64.4 Å². The zero-order chi connectivity index (χ0) is 14.4. The second-order valence-electron chi connectivity index (χ2n) is 6.19. The van der Waals surface area contributed by atoms with Gasteiger partial charge in [0.1, 0.15) is 5.75 Å². The first-order valence-electron chi connectivity index (χ1n) is 8.02. The molecule has 112 valence electrons. The number of rotatable bonds is 4. The summed E-state index contributed by atoms with van der Waals surface area (Å²) in [6.07, 6.45) is 9.41. The molecule has 0 radical (unpaired) electrons. The molecule has 1 aromatic carbocycles. The molecule has 1 saturated carbocycles. The summed E-state index contributed by atoms with van der Waals surface area (Å²) in [5, 5.41) is 10.6. The molecule has 0 aromatic heterocycles. The predicted octanol–water partition coefficient (Wildman–Crippen LogP) is 4.27. The Morgan fingerprint density at radius 2 is 1.80 bits per heavy atom. The van der Waals surface area contributed by atoms with Crippen molar-refractivity contribution in [2.24, 2.45) is 5.92 Å². The van der Waals surface area contributed by atoms with Gasteiger partial charge in [0.25, 0.3) is 0 Å². The summed E-state index contributed by atoms with van der Waals surface area (Å²) in [5.41, 5.74) is 2.37. The number of hydrogen-bond acceptors (Lipinski definition) is 2. The molecule has 1 aromatic rings. The molecule has 2 rings (SSSR count). The van der Waals surface area contributed by atoms with E-state index in [0.29, 0.717) is 5.92 Å². The normalized spacial score (nSPS) is 19.1. The van der Waals surface area contributed by atoms with E-state index in [4.69, 9.17) is 4.74 Å². The first-order chi connectivity index (χ1) is 9.70. The third kappa shape index (κ3) is 4.24. The quantitative estimate of drug-likeness (QED) is 0.890. The lowest BCUT2D eigenvalue weighted by Gasteiger charge is -2.25. The molecule has 1 unspecified atom stereocenters. The third-order valence-electron chi connectivity index (χ3n) is 4.56. The van der Waals surface area contributed by atoms with Crippen molar-refractivity contribution >= 4 is 0 Å². The topological polar surface area (TPSA) is 29.5 Å². The molecule has 0 spiro atoms. The summed E-state index contributed by atoms with van der Waals surface area (Å²) in [6.45, 7) is 2.09. The van der Waals surface area contributed by atoms with Gasteiger partial charge in [-0.05, 0) is 37.3 Å². The fourth-order valence-electron chi connectivity index (χ4n) is 3.33. The summed E-state index contributed by atoms with van der Waals surface area (Å²) in [5.74, 6) is 1.36. The van der Waals surface area contributed by atoms with Crippen molar-refractivity contribution in [3.05, 3.63) is 29.3 Å². The smallest absolute Gasteiger partial charge is 0.122 e. The van der Waals surface area contributed by atoms with Crippen LogP contribution >= 0.6 is 0 Å². The maximum Gasteiger partial charge on any atom is 0.122 e. The van der Waals surface area contributed by atoms with Crippen molar-refractivity contribution in [3.63, 3.8) is 0 Å². The van der Waals surface area contributed by atoms with Crippen LogP contribution in [0.2, 0.25) is 0 Å². The molecule has 1 aliphatic rings. The Balaban J connectivity index is 2.02. The minimum Gasteiger partial charge on any atom is -0.496 e. The largest absolute Gasteiger partial charge is 0.496 e. The fraction of sp³-hybridized carbons (Fsp3) is 0.667. The first kappa shape index (κ1) is 15.4. The highest BCUT2D eigenvalue weighted by Crippen LogP contribution is 2.29. The van der Waals surface area contributed by atoms with Gasteiger partial charge in [-0.1, -0.05) is 49.8 Å². The molecule has 0 heterocycles. The molecule has 1 fully saturated rings. The Morgan fingerprint density at radius 1 is 1.15 bits per heavy atom. The highest BCUT2D eigenvalue weighted by molar-refractivity contribution is 5.37. The maximum atomic E-state index is 10.6. The van der Waals surface area contributed by atoms with Crippen molar-refractivity contribution in [1.82, 2.24) is 0 Å². The average molecular weight is 276 g/mol. The minimum atomic E-state index is -0.233. The summed E-state index contributed by atoms with van der Waals surface area (Å²) in [6, 6.07) is 6.21. The van der Waals surface area contributed by atoms with E-state index in [1.165, 1.54) is 50.5 Å². The van der Waals surface area contributed by atoms with Crippen LogP contribution in [0.3, 0.4) is 0 Å². The molecule has 20 heavy (non-hydrogen) atoms. The molecule has 1 aliphatic carbocycles. The highest BCUT2D eigenvalue weighted by Gasteiger charge is 2.21. The third-order valence-corrected chi connectivity index (χ3v) is 4.56. The Hall–Kier alpha value is -1.02. The second-order valence-corrected chi connectivity index (χ2v) is 6.19. The molecular weight excluding hydrogens is 248 g/mol. The molecule has 1 N–H and O–H groups in total. The number of benzene rings is 1. The zero-order valence-electron chi connectivity index (χ0n) is 12.9. The van der Waals surface area contributed by atoms with Crippen LogP contribution in [0, 0.1) is 12.8 Å². The lowest BCUT2D eigenvalue weighted by molar-refractivity contribution is 0.0907. The van der Waals surface area contributed by atoms with E-state index in [1.54, 1.807) is 7.11 Å². The van der Waals surface area contributed by atoms with Gasteiger partial charge in [-0.3, -0.25) is 0 Å². The number of hydrogen-bond donors (Lipinski definition) is 1. The van der Waals surface area contributed by atoms with E-state index in [1.807, 2.05) is 6.07 Å². The van der Waals surface area contributed by atoms with Crippen LogP contribution in [0.25, 0.3) is 0 Å². The average Bonchev–Trinajstić information content (AvgIpc) is 2.38. The standard InChI is InChI=1S/C18H28O2/c1-14-10-11-18(20-2)16(12-14)13-17(19)15-8-6-4-3-5-7-9-15/h10-12,15,17,19H,3-9,13H2,1-2H3. The van der Waals surface area contributed by atoms with Gasteiger partial charge in [0.2, 0.25) is 0 Å².